The van der Waals surface area contributed by atoms with Crippen molar-refractivity contribution in [2.75, 3.05) is 5.32 Å². The van der Waals surface area contributed by atoms with Gasteiger partial charge in [0.1, 0.15) is 11.9 Å². The van der Waals surface area contributed by atoms with Gasteiger partial charge in [-0.2, -0.15) is 10.4 Å². The summed E-state index contributed by atoms with van der Waals surface area (Å²) in [7, 11) is 1.90. The van der Waals surface area contributed by atoms with Crippen molar-refractivity contribution in [3.05, 3.63) is 40.3 Å². The summed E-state index contributed by atoms with van der Waals surface area (Å²) in [5.41, 5.74) is 4.54. The minimum atomic E-state index is 0.604. The van der Waals surface area contributed by atoms with Crippen LogP contribution in [0.5, 0.6) is 0 Å². The summed E-state index contributed by atoms with van der Waals surface area (Å²) >= 11 is 0. The van der Waals surface area contributed by atoms with Crippen LogP contribution in [0.1, 0.15) is 28.1 Å². The topological polar surface area (TPSA) is 66.5 Å². The first-order valence-electron chi connectivity index (χ1n) is 6.12. The lowest BCUT2D eigenvalue weighted by atomic mass is 10.1. The zero-order chi connectivity index (χ0) is 14.0. The molecule has 2 aromatic rings. The van der Waals surface area contributed by atoms with Gasteiger partial charge in [-0.15, -0.1) is 0 Å². The SMILES string of the molecule is Cc1cc(C)c(C#N)c(NCc2cn(C)nc2C)n1. The number of nitrogens with zero attached hydrogens (tertiary/aromatic N) is 4. The van der Waals surface area contributed by atoms with Crippen LogP contribution >= 0.6 is 0 Å². The highest BCUT2D eigenvalue weighted by atomic mass is 15.3. The third kappa shape index (κ3) is 2.74. The summed E-state index contributed by atoms with van der Waals surface area (Å²) in [6.45, 7) is 6.43. The molecule has 0 saturated heterocycles. The van der Waals surface area contributed by atoms with Crippen molar-refractivity contribution in [1.82, 2.24) is 14.8 Å². The zero-order valence-corrected chi connectivity index (χ0v) is 11.7. The Hall–Kier alpha value is -2.35. The Morgan fingerprint density at radius 2 is 2.11 bits per heavy atom. The summed E-state index contributed by atoms with van der Waals surface area (Å²) in [6, 6.07) is 4.12. The fourth-order valence-corrected chi connectivity index (χ4v) is 2.11. The largest absolute Gasteiger partial charge is 0.365 e. The molecule has 19 heavy (non-hydrogen) atoms. The standard InChI is InChI=1S/C14H17N5/c1-9-5-10(2)17-14(13(9)6-15)16-7-12-8-19(4)18-11(12)3/h5,8H,7H2,1-4H3,(H,16,17). The quantitative estimate of drug-likeness (QED) is 0.913. The molecule has 5 nitrogen and oxygen atoms in total. The number of nitrogens with one attached hydrogen (secondary N) is 1. The second-order valence-corrected chi connectivity index (χ2v) is 4.68. The molecule has 2 rings (SSSR count). The number of hydrogen-bond acceptors (Lipinski definition) is 4. The summed E-state index contributed by atoms with van der Waals surface area (Å²) in [4.78, 5) is 4.40. The van der Waals surface area contributed by atoms with E-state index in [1.807, 2.05) is 40.1 Å². The molecule has 1 N–H and O–H groups in total. The van der Waals surface area contributed by atoms with E-state index >= 15 is 0 Å². The Kier molecular flexibility index (Phi) is 3.52. The summed E-state index contributed by atoms with van der Waals surface area (Å²) in [6.07, 6.45) is 1.97. The van der Waals surface area contributed by atoms with Crippen molar-refractivity contribution >= 4 is 5.82 Å². The lowest BCUT2D eigenvalue weighted by molar-refractivity contribution is 0.756. The van der Waals surface area contributed by atoms with E-state index in [0.717, 1.165) is 22.5 Å². The molecule has 0 aliphatic heterocycles. The average molecular weight is 255 g/mol. The Bertz CT molecular complexity index is 649. The van der Waals surface area contributed by atoms with Gasteiger partial charge in [0.25, 0.3) is 0 Å². The second-order valence-electron chi connectivity index (χ2n) is 4.68. The Morgan fingerprint density at radius 1 is 1.37 bits per heavy atom. The molecule has 0 atom stereocenters. The van der Waals surface area contributed by atoms with Crippen molar-refractivity contribution in [2.24, 2.45) is 7.05 Å². The van der Waals surface area contributed by atoms with Gasteiger partial charge >= 0.3 is 0 Å². The van der Waals surface area contributed by atoms with E-state index in [-0.39, 0.29) is 0 Å². The van der Waals surface area contributed by atoms with Crippen LogP contribution in [0.3, 0.4) is 0 Å². The minimum absolute atomic E-state index is 0.604. The molecule has 0 aliphatic rings. The number of aromatic nitrogens is 3. The number of anilines is 1. The minimum Gasteiger partial charge on any atom is -0.365 e. The molecule has 0 aliphatic carbocycles. The first kappa shape index (κ1) is 13.1. The highest BCUT2D eigenvalue weighted by molar-refractivity contribution is 5.56. The van der Waals surface area contributed by atoms with E-state index in [2.05, 4.69) is 21.5 Å². The molecule has 98 valence electrons. The number of rotatable bonds is 3. The molecule has 2 aromatic heterocycles. The van der Waals surface area contributed by atoms with E-state index in [1.165, 1.54) is 0 Å². The molecule has 0 amide bonds. The van der Waals surface area contributed by atoms with Gasteiger partial charge in [0, 0.05) is 31.0 Å². The molecule has 0 fully saturated rings. The van der Waals surface area contributed by atoms with Gasteiger partial charge in [0.15, 0.2) is 0 Å². The molecule has 0 bridgehead atoms. The average Bonchev–Trinajstić information content (AvgIpc) is 2.64. The molecule has 5 heteroatoms. The summed E-state index contributed by atoms with van der Waals surface area (Å²) in [5, 5.41) is 16.7. The van der Waals surface area contributed by atoms with Gasteiger partial charge in [0.2, 0.25) is 0 Å². The second kappa shape index (κ2) is 5.11. The molecule has 0 radical (unpaired) electrons. The maximum atomic E-state index is 9.20. The zero-order valence-electron chi connectivity index (χ0n) is 11.7. The predicted molar refractivity (Wildman–Crippen MR) is 73.7 cm³/mol. The van der Waals surface area contributed by atoms with Crippen molar-refractivity contribution < 1.29 is 0 Å². The van der Waals surface area contributed by atoms with E-state index < -0.39 is 0 Å². The van der Waals surface area contributed by atoms with Gasteiger partial charge in [-0.1, -0.05) is 0 Å². The highest BCUT2D eigenvalue weighted by Crippen LogP contribution is 2.18. The van der Waals surface area contributed by atoms with Crippen molar-refractivity contribution in [1.29, 1.82) is 5.26 Å². The van der Waals surface area contributed by atoms with E-state index in [0.29, 0.717) is 17.9 Å². The van der Waals surface area contributed by atoms with E-state index in [4.69, 9.17) is 0 Å². The van der Waals surface area contributed by atoms with Crippen LogP contribution in [0, 0.1) is 32.1 Å². The maximum absolute atomic E-state index is 9.20. The van der Waals surface area contributed by atoms with Crippen LogP contribution in [0.25, 0.3) is 0 Å². The van der Waals surface area contributed by atoms with Crippen LogP contribution in [-0.2, 0) is 13.6 Å². The van der Waals surface area contributed by atoms with Gasteiger partial charge in [-0.25, -0.2) is 4.98 Å². The highest BCUT2D eigenvalue weighted by Gasteiger charge is 2.09. The van der Waals surface area contributed by atoms with Crippen molar-refractivity contribution in [2.45, 2.75) is 27.3 Å². The van der Waals surface area contributed by atoms with Crippen LogP contribution in [-0.4, -0.2) is 14.8 Å². The third-order valence-corrected chi connectivity index (χ3v) is 3.02. The lowest BCUT2D eigenvalue weighted by Crippen LogP contribution is -2.06. The fourth-order valence-electron chi connectivity index (χ4n) is 2.11. The maximum Gasteiger partial charge on any atom is 0.144 e. The smallest absolute Gasteiger partial charge is 0.144 e. The lowest BCUT2D eigenvalue weighted by Gasteiger charge is -2.09. The van der Waals surface area contributed by atoms with E-state index in [9.17, 15) is 5.26 Å². The van der Waals surface area contributed by atoms with Gasteiger partial charge in [-0.05, 0) is 32.4 Å². The fraction of sp³-hybridized carbons (Fsp3) is 0.357. The molecular weight excluding hydrogens is 238 g/mol. The number of pyridine rings is 1. The first-order valence-corrected chi connectivity index (χ1v) is 6.12. The van der Waals surface area contributed by atoms with Crippen LogP contribution in [0.4, 0.5) is 5.82 Å². The first-order chi connectivity index (χ1) is 9.01. The summed E-state index contributed by atoms with van der Waals surface area (Å²) < 4.78 is 1.78. The molecular formula is C14H17N5. The Morgan fingerprint density at radius 3 is 2.68 bits per heavy atom. The van der Waals surface area contributed by atoms with Crippen LogP contribution in [0.15, 0.2) is 12.3 Å². The van der Waals surface area contributed by atoms with Crippen LogP contribution < -0.4 is 5.32 Å². The summed E-state index contributed by atoms with van der Waals surface area (Å²) in [5.74, 6) is 0.642. The Labute approximate surface area is 112 Å². The monoisotopic (exact) mass is 255 g/mol. The normalized spacial score (nSPS) is 10.3. The van der Waals surface area contributed by atoms with Crippen molar-refractivity contribution in [3.8, 4) is 6.07 Å². The molecule has 0 saturated carbocycles. The Balaban J connectivity index is 2.25. The van der Waals surface area contributed by atoms with Crippen molar-refractivity contribution in [3.63, 3.8) is 0 Å². The van der Waals surface area contributed by atoms with Gasteiger partial charge in [-0.3, -0.25) is 4.68 Å². The van der Waals surface area contributed by atoms with E-state index in [1.54, 1.807) is 4.68 Å². The van der Waals surface area contributed by atoms with Gasteiger partial charge in [0.05, 0.1) is 11.3 Å². The number of hydrogen-bond donors (Lipinski definition) is 1. The van der Waals surface area contributed by atoms with Crippen LogP contribution in [0.2, 0.25) is 0 Å². The van der Waals surface area contributed by atoms with Gasteiger partial charge < -0.3 is 5.32 Å². The molecule has 2 heterocycles. The predicted octanol–water partition coefficient (Wildman–Crippen LogP) is 2.22. The molecule has 0 aromatic carbocycles. The molecule has 0 spiro atoms. The number of aryl methyl sites for hydroxylation is 4. The number of nitriles is 1. The molecule has 0 unspecified atom stereocenters. The third-order valence-electron chi connectivity index (χ3n) is 3.02.